The molecule has 1 aromatic carbocycles. The number of carbonyl (C=O) groups excluding carboxylic acids is 1. The Morgan fingerprint density at radius 3 is 2.48 bits per heavy atom. The number of alkyl halides is 2. The number of aromatic nitrogens is 1. The first kappa shape index (κ1) is 19.5. The van der Waals surface area contributed by atoms with Crippen LogP contribution in [-0.4, -0.2) is 36.6 Å². The molecule has 0 aliphatic carbocycles. The van der Waals surface area contributed by atoms with Gasteiger partial charge in [-0.25, -0.2) is 22.9 Å². The van der Waals surface area contributed by atoms with Gasteiger partial charge in [-0.2, -0.15) is 0 Å². The van der Waals surface area contributed by atoms with Crippen molar-refractivity contribution in [1.29, 1.82) is 0 Å². The molecule has 0 atom stereocenters. The predicted octanol–water partition coefficient (Wildman–Crippen LogP) is 4.95. The van der Waals surface area contributed by atoms with E-state index in [1.165, 1.54) is 30.3 Å². The number of carbonyl (C=O) groups is 1. The van der Waals surface area contributed by atoms with Crippen molar-refractivity contribution in [3.63, 3.8) is 0 Å². The first-order chi connectivity index (χ1) is 12.8. The normalized spacial score (nSPS) is 16.3. The predicted molar refractivity (Wildman–Crippen MR) is 97.0 cm³/mol. The Hall–Kier alpha value is -2.28. The van der Waals surface area contributed by atoms with Crippen LogP contribution >= 0.6 is 11.6 Å². The van der Waals surface area contributed by atoms with Crippen LogP contribution in [0, 0.1) is 5.82 Å². The van der Waals surface area contributed by atoms with Crippen LogP contribution in [0.3, 0.4) is 0 Å². The Morgan fingerprint density at radius 1 is 1.26 bits per heavy atom. The lowest BCUT2D eigenvalue weighted by molar-refractivity contribution is -0.0220. The third-order valence-corrected chi connectivity index (χ3v) is 4.65. The second kappa shape index (κ2) is 7.76. The van der Waals surface area contributed by atoms with Crippen molar-refractivity contribution >= 4 is 23.3 Å². The highest BCUT2D eigenvalue weighted by Crippen LogP contribution is 2.39. The van der Waals surface area contributed by atoms with Gasteiger partial charge in [-0.05, 0) is 37.3 Å². The van der Waals surface area contributed by atoms with E-state index in [0.717, 1.165) is 0 Å². The summed E-state index contributed by atoms with van der Waals surface area (Å²) in [6.45, 7) is 2.04. The second-order valence-electron chi connectivity index (χ2n) is 6.26. The summed E-state index contributed by atoms with van der Waals surface area (Å²) in [5, 5.41) is 0.206. The maximum Gasteiger partial charge on any atom is 0.356 e. The van der Waals surface area contributed by atoms with Gasteiger partial charge in [-0.15, -0.1) is 0 Å². The number of hydrogen-bond donors (Lipinski definition) is 0. The van der Waals surface area contributed by atoms with Crippen LogP contribution in [0.15, 0.2) is 30.3 Å². The molecule has 1 aliphatic heterocycles. The van der Waals surface area contributed by atoms with Crippen LogP contribution in [0.4, 0.5) is 18.9 Å². The average molecular weight is 399 g/mol. The maximum atomic E-state index is 13.5. The molecule has 2 heterocycles. The van der Waals surface area contributed by atoms with Gasteiger partial charge in [0.25, 0.3) is 5.92 Å². The smallest absolute Gasteiger partial charge is 0.356 e. The van der Waals surface area contributed by atoms with E-state index in [-0.39, 0.29) is 43.3 Å². The van der Waals surface area contributed by atoms with Gasteiger partial charge in [0.1, 0.15) is 5.82 Å². The number of pyridine rings is 1. The molecule has 0 amide bonds. The largest absolute Gasteiger partial charge is 0.461 e. The monoisotopic (exact) mass is 398 g/mol. The number of rotatable bonds is 4. The number of halogens is 4. The molecule has 0 bridgehead atoms. The minimum Gasteiger partial charge on any atom is -0.461 e. The molecule has 8 heteroatoms. The number of piperidine rings is 1. The van der Waals surface area contributed by atoms with Crippen molar-refractivity contribution in [3.05, 3.63) is 46.9 Å². The highest BCUT2D eigenvalue weighted by Gasteiger charge is 2.35. The summed E-state index contributed by atoms with van der Waals surface area (Å²) < 4.78 is 45.4. The first-order valence-electron chi connectivity index (χ1n) is 8.57. The number of esters is 1. The van der Waals surface area contributed by atoms with Crippen molar-refractivity contribution in [2.75, 3.05) is 24.6 Å². The van der Waals surface area contributed by atoms with Crippen molar-refractivity contribution in [1.82, 2.24) is 4.98 Å². The quantitative estimate of drug-likeness (QED) is 0.683. The highest BCUT2D eigenvalue weighted by atomic mass is 35.5. The summed E-state index contributed by atoms with van der Waals surface area (Å²) in [4.78, 5) is 18.2. The zero-order valence-electron chi connectivity index (χ0n) is 14.6. The van der Waals surface area contributed by atoms with Crippen molar-refractivity contribution in [3.8, 4) is 11.3 Å². The summed E-state index contributed by atoms with van der Waals surface area (Å²) in [7, 11) is 0. The minimum absolute atomic E-state index is 0.00673. The van der Waals surface area contributed by atoms with Crippen molar-refractivity contribution < 1.29 is 22.7 Å². The number of benzene rings is 1. The summed E-state index contributed by atoms with van der Waals surface area (Å²) >= 11 is 6.41. The molecule has 1 aromatic heterocycles. The molecule has 0 radical (unpaired) electrons. The van der Waals surface area contributed by atoms with Crippen LogP contribution in [0.25, 0.3) is 11.3 Å². The Bertz CT molecular complexity index is 834. The average Bonchev–Trinajstić information content (AvgIpc) is 2.62. The lowest BCUT2D eigenvalue weighted by Crippen LogP contribution is -2.39. The lowest BCUT2D eigenvalue weighted by Gasteiger charge is -2.34. The topological polar surface area (TPSA) is 42.4 Å². The summed E-state index contributed by atoms with van der Waals surface area (Å²) in [6.07, 6.45) is -0.600. The molecular weight excluding hydrogens is 381 g/mol. The van der Waals surface area contributed by atoms with Gasteiger partial charge >= 0.3 is 5.97 Å². The molecule has 144 valence electrons. The van der Waals surface area contributed by atoms with Crippen LogP contribution in [0.1, 0.15) is 30.3 Å². The SMILES string of the molecule is CCOC(=O)c1cc(Cl)c(N2CCC(F)(F)CC2)c(-c2ccc(F)cc2)n1. The minimum atomic E-state index is -2.71. The van der Waals surface area contributed by atoms with Crippen LogP contribution in [0.2, 0.25) is 5.02 Å². The molecule has 0 saturated carbocycles. The van der Waals surface area contributed by atoms with Crippen LogP contribution in [-0.2, 0) is 4.74 Å². The van der Waals surface area contributed by atoms with Crippen molar-refractivity contribution in [2.24, 2.45) is 0 Å². The fourth-order valence-electron chi connectivity index (χ4n) is 2.98. The molecule has 4 nitrogen and oxygen atoms in total. The molecule has 0 N–H and O–H groups in total. The number of nitrogens with zero attached hydrogens (tertiary/aromatic N) is 2. The lowest BCUT2D eigenvalue weighted by atomic mass is 10.0. The molecular formula is C19H18ClF3N2O2. The van der Waals surface area contributed by atoms with Crippen LogP contribution in [0.5, 0.6) is 0 Å². The molecule has 1 saturated heterocycles. The van der Waals surface area contributed by atoms with E-state index >= 15 is 0 Å². The van der Waals surface area contributed by atoms with E-state index in [0.29, 0.717) is 16.9 Å². The number of ether oxygens (including phenoxy) is 1. The second-order valence-corrected chi connectivity index (χ2v) is 6.66. The van der Waals surface area contributed by atoms with E-state index in [1.54, 1.807) is 11.8 Å². The summed E-state index contributed by atoms with van der Waals surface area (Å²) in [6, 6.07) is 6.90. The summed E-state index contributed by atoms with van der Waals surface area (Å²) in [5.74, 6) is -3.78. The molecule has 27 heavy (non-hydrogen) atoms. The fourth-order valence-corrected chi connectivity index (χ4v) is 3.30. The molecule has 2 aromatic rings. The number of hydrogen-bond acceptors (Lipinski definition) is 4. The number of anilines is 1. The highest BCUT2D eigenvalue weighted by molar-refractivity contribution is 6.34. The van der Waals surface area contributed by atoms with Gasteiger partial charge in [0.15, 0.2) is 5.69 Å². The third-order valence-electron chi connectivity index (χ3n) is 4.36. The molecule has 1 aliphatic rings. The van der Waals surface area contributed by atoms with Crippen molar-refractivity contribution in [2.45, 2.75) is 25.7 Å². The first-order valence-corrected chi connectivity index (χ1v) is 8.95. The van der Waals surface area contributed by atoms with E-state index < -0.39 is 17.7 Å². The van der Waals surface area contributed by atoms with Crippen LogP contribution < -0.4 is 4.90 Å². The zero-order chi connectivity index (χ0) is 19.6. The molecule has 0 spiro atoms. The van der Waals surface area contributed by atoms with Gasteiger partial charge in [0, 0.05) is 31.5 Å². The van der Waals surface area contributed by atoms with E-state index in [1.807, 2.05) is 0 Å². The zero-order valence-corrected chi connectivity index (χ0v) is 15.4. The van der Waals surface area contributed by atoms with Gasteiger partial charge in [-0.3, -0.25) is 0 Å². The van der Waals surface area contributed by atoms with Gasteiger partial charge in [0.05, 0.1) is 23.0 Å². The van der Waals surface area contributed by atoms with Gasteiger partial charge < -0.3 is 9.64 Å². The Labute approximate surface area is 159 Å². The molecule has 3 rings (SSSR count). The molecule has 1 fully saturated rings. The van der Waals surface area contributed by atoms with E-state index in [9.17, 15) is 18.0 Å². The Morgan fingerprint density at radius 2 is 1.89 bits per heavy atom. The fraction of sp³-hybridized carbons (Fsp3) is 0.368. The third kappa shape index (κ3) is 4.35. The summed E-state index contributed by atoms with van der Waals surface area (Å²) in [5.41, 5.74) is 1.31. The van der Waals surface area contributed by atoms with Gasteiger partial charge in [0.2, 0.25) is 0 Å². The van der Waals surface area contributed by atoms with E-state index in [4.69, 9.17) is 16.3 Å². The molecule has 0 unspecified atom stereocenters. The van der Waals surface area contributed by atoms with E-state index in [2.05, 4.69) is 4.98 Å². The Kier molecular flexibility index (Phi) is 5.60. The maximum absolute atomic E-state index is 13.5. The Balaban J connectivity index is 2.08. The standard InChI is InChI=1S/C19H18ClF3N2O2/c1-2-27-18(26)15-11-14(20)17(25-9-7-19(22,23)8-10-25)16(24-15)12-3-5-13(21)6-4-12/h3-6,11H,2,7-10H2,1H3. The van der Waals surface area contributed by atoms with Gasteiger partial charge in [-0.1, -0.05) is 11.6 Å².